The SMILES string of the molecule is COc1ccc(N2C(=O)NC(=O)/C(=C\c3ccc(-c4ccc(C(=O)O)cc4C)o3)C2=O)cc1. The van der Waals surface area contributed by atoms with Crippen molar-refractivity contribution in [1.82, 2.24) is 5.32 Å². The summed E-state index contributed by atoms with van der Waals surface area (Å²) in [6.07, 6.45) is 1.26. The Bertz CT molecular complexity index is 1320. The van der Waals surface area contributed by atoms with Crippen molar-refractivity contribution in [3.63, 3.8) is 0 Å². The molecule has 0 bridgehead atoms. The molecular weight excluding hydrogens is 428 g/mol. The number of carboxylic acids is 1. The van der Waals surface area contributed by atoms with Crippen molar-refractivity contribution in [2.24, 2.45) is 0 Å². The second-order valence-corrected chi connectivity index (χ2v) is 7.19. The quantitative estimate of drug-likeness (QED) is 0.453. The number of methoxy groups -OCH3 is 1. The van der Waals surface area contributed by atoms with Crippen LogP contribution in [-0.4, -0.2) is 36.0 Å². The summed E-state index contributed by atoms with van der Waals surface area (Å²) in [5, 5.41) is 11.3. The number of rotatable bonds is 5. The van der Waals surface area contributed by atoms with Crippen molar-refractivity contribution < 1.29 is 33.4 Å². The van der Waals surface area contributed by atoms with Crippen LogP contribution in [0.15, 0.2) is 64.6 Å². The summed E-state index contributed by atoms with van der Waals surface area (Å²) in [5.41, 5.74) is 1.50. The molecule has 4 amide bonds. The van der Waals surface area contributed by atoms with Crippen LogP contribution in [0.5, 0.6) is 5.75 Å². The molecule has 0 aliphatic carbocycles. The highest BCUT2D eigenvalue weighted by Crippen LogP contribution is 2.29. The van der Waals surface area contributed by atoms with Gasteiger partial charge in [-0.2, -0.15) is 0 Å². The Morgan fingerprint density at radius 2 is 1.79 bits per heavy atom. The fourth-order valence-corrected chi connectivity index (χ4v) is 3.41. The van der Waals surface area contributed by atoms with Crippen LogP contribution in [0.3, 0.4) is 0 Å². The van der Waals surface area contributed by atoms with Crippen molar-refractivity contribution in [2.45, 2.75) is 6.92 Å². The molecule has 0 unspecified atom stereocenters. The van der Waals surface area contributed by atoms with E-state index in [4.69, 9.17) is 14.3 Å². The average Bonchev–Trinajstić information content (AvgIpc) is 3.25. The molecular formula is C24H18N2O7. The number of ether oxygens (including phenoxy) is 1. The van der Waals surface area contributed by atoms with Crippen LogP contribution in [-0.2, 0) is 9.59 Å². The standard InChI is InChI=1S/C24H18N2O7/c1-13-11-14(23(29)30)3-9-18(13)20-10-8-17(33-20)12-19-21(27)25-24(31)26(22(19)28)15-4-6-16(32-2)7-5-15/h3-12H,1-2H3,(H,29,30)(H,25,27,31)/b19-12+. The van der Waals surface area contributed by atoms with Gasteiger partial charge in [-0.15, -0.1) is 0 Å². The van der Waals surface area contributed by atoms with Crippen LogP contribution in [0, 0.1) is 6.92 Å². The maximum Gasteiger partial charge on any atom is 0.335 e. The Kier molecular flexibility index (Phi) is 5.53. The molecule has 9 nitrogen and oxygen atoms in total. The van der Waals surface area contributed by atoms with E-state index in [2.05, 4.69) is 5.32 Å². The zero-order valence-corrected chi connectivity index (χ0v) is 17.6. The molecule has 1 aliphatic heterocycles. The van der Waals surface area contributed by atoms with Gasteiger partial charge in [0.05, 0.1) is 18.4 Å². The number of barbiturate groups is 1. The van der Waals surface area contributed by atoms with Gasteiger partial charge in [0.25, 0.3) is 11.8 Å². The van der Waals surface area contributed by atoms with E-state index in [1.165, 1.54) is 37.5 Å². The van der Waals surface area contributed by atoms with Crippen molar-refractivity contribution in [1.29, 1.82) is 0 Å². The van der Waals surface area contributed by atoms with Gasteiger partial charge in [0.1, 0.15) is 22.8 Å². The minimum atomic E-state index is -1.03. The summed E-state index contributed by atoms with van der Waals surface area (Å²) >= 11 is 0. The summed E-state index contributed by atoms with van der Waals surface area (Å²) in [6, 6.07) is 13.2. The third-order valence-electron chi connectivity index (χ3n) is 5.08. The van der Waals surface area contributed by atoms with Crippen molar-refractivity contribution >= 4 is 35.6 Å². The molecule has 1 aromatic heterocycles. The molecule has 9 heteroatoms. The van der Waals surface area contributed by atoms with Gasteiger partial charge in [0.2, 0.25) is 0 Å². The number of aromatic carboxylic acids is 1. The van der Waals surface area contributed by atoms with Crippen molar-refractivity contribution in [3.05, 3.63) is 77.1 Å². The van der Waals surface area contributed by atoms with Crippen LogP contribution in [0.1, 0.15) is 21.7 Å². The molecule has 166 valence electrons. The van der Waals surface area contributed by atoms with Crippen LogP contribution in [0.4, 0.5) is 10.5 Å². The highest BCUT2D eigenvalue weighted by molar-refractivity contribution is 6.39. The van der Waals surface area contributed by atoms with Gasteiger partial charge >= 0.3 is 12.0 Å². The summed E-state index contributed by atoms with van der Waals surface area (Å²) < 4.78 is 10.9. The summed E-state index contributed by atoms with van der Waals surface area (Å²) in [4.78, 5) is 49.7. The van der Waals surface area contributed by atoms with E-state index >= 15 is 0 Å². The first-order valence-corrected chi connectivity index (χ1v) is 9.78. The number of urea groups is 1. The molecule has 3 aromatic rings. The molecule has 1 aliphatic rings. The largest absolute Gasteiger partial charge is 0.497 e. The number of amides is 4. The van der Waals surface area contributed by atoms with Crippen LogP contribution in [0.25, 0.3) is 17.4 Å². The first-order valence-electron chi connectivity index (χ1n) is 9.78. The molecule has 0 atom stereocenters. The zero-order chi connectivity index (χ0) is 23.7. The third kappa shape index (κ3) is 4.11. The molecule has 0 spiro atoms. The number of anilines is 1. The first-order chi connectivity index (χ1) is 15.8. The number of carbonyl (C=O) groups is 4. The summed E-state index contributed by atoms with van der Waals surface area (Å²) in [6.45, 7) is 1.75. The molecule has 2 N–H and O–H groups in total. The highest BCUT2D eigenvalue weighted by atomic mass is 16.5. The van der Waals surface area contributed by atoms with E-state index in [1.54, 1.807) is 37.3 Å². The van der Waals surface area contributed by atoms with E-state index in [0.29, 0.717) is 22.6 Å². The van der Waals surface area contributed by atoms with Crippen molar-refractivity contribution in [3.8, 4) is 17.1 Å². The highest BCUT2D eigenvalue weighted by Gasteiger charge is 2.37. The minimum Gasteiger partial charge on any atom is -0.497 e. The second-order valence-electron chi connectivity index (χ2n) is 7.19. The number of furan rings is 1. The molecule has 4 rings (SSSR count). The Labute approximate surface area is 187 Å². The monoisotopic (exact) mass is 446 g/mol. The van der Waals surface area contributed by atoms with Crippen LogP contribution >= 0.6 is 0 Å². The lowest BCUT2D eigenvalue weighted by Gasteiger charge is -2.26. The second kappa shape index (κ2) is 8.46. The molecule has 1 saturated heterocycles. The van der Waals surface area contributed by atoms with Gasteiger partial charge in [0, 0.05) is 5.56 Å². The molecule has 2 heterocycles. The fraction of sp³-hybridized carbons (Fsp3) is 0.0833. The minimum absolute atomic E-state index is 0.151. The van der Waals surface area contributed by atoms with E-state index in [9.17, 15) is 19.2 Å². The van der Waals surface area contributed by atoms with Gasteiger partial charge in [-0.3, -0.25) is 14.9 Å². The number of carboxylic acid groups (broad SMARTS) is 1. The third-order valence-corrected chi connectivity index (χ3v) is 5.08. The number of carbonyl (C=O) groups excluding carboxylic acids is 3. The predicted octanol–water partition coefficient (Wildman–Crippen LogP) is 3.63. The van der Waals surface area contributed by atoms with E-state index in [0.717, 1.165) is 4.90 Å². The Balaban J connectivity index is 1.65. The fourth-order valence-electron chi connectivity index (χ4n) is 3.41. The first kappa shape index (κ1) is 21.6. The van der Waals surface area contributed by atoms with Gasteiger partial charge < -0.3 is 14.3 Å². The number of aryl methyl sites for hydroxylation is 1. The molecule has 1 fully saturated rings. The maximum atomic E-state index is 13.0. The molecule has 0 radical (unpaired) electrons. The van der Waals surface area contributed by atoms with Gasteiger partial charge in [0.15, 0.2) is 0 Å². The topological polar surface area (TPSA) is 126 Å². The van der Waals surface area contributed by atoms with Crippen molar-refractivity contribution in [2.75, 3.05) is 12.0 Å². The smallest absolute Gasteiger partial charge is 0.335 e. The number of imide groups is 2. The van der Waals surface area contributed by atoms with Crippen LogP contribution in [0.2, 0.25) is 0 Å². The number of hydrogen-bond donors (Lipinski definition) is 2. The Morgan fingerprint density at radius 1 is 1.06 bits per heavy atom. The van der Waals surface area contributed by atoms with Gasteiger partial charge in [-0.1, -0.05) is 6.07 Å². The normalized spacial score (nSPS) is 15.0. The lowest BCUT2D eigenvalue weighted by Crippen LogP contribution is -2.54. The molecule has 33 heavy (non-hydrogen) atoms. The zero-order valence-electron chi connectivity index (χ0n) is 17.6. The number of hydrogen-bond acceptors (Lipinski definition) is 6. The number of nitrogens with zero attached hydrogens (tertiary/aromatic N) is 1. The average molecular weight is 446 g/mol. The predicted molar refractivity (Wildman–Crippen MR) is 118 cm³/mol. The lowest BCUT2D eigenvalue weighted by molar-refractivity contribution is -0.122. The lowest BCUT2D eigenvalue weighted by atomic mass is 10.0. The maximum absolute atomic E-state index is 13.0. The van der Waals surface area contributed by atoms with E-state index < -0.39 is 23.8 Å². The number of benzene rings is 2. The van der Waals surface area contributed by atoms with Gasteiger partial charge in [-0.25, -0.2) is 14.5 Å². The Morgan fingerprint density at radius 3 is 2.42 bits per heavy atom. The van der Waals surface area contributed by atoms with E-state index in [1.807, 2.05) is 0 Å². The Hall–Kier alpha value is -4.66. The number of nitrogens with one attached hydrogen (secondary N) is 1. The van der Waals surface area contributed by atoms with Crippen LogP contribution < -0.4 is 15.0 Å². The summed E-state index contributed by atoms with van der Waals surface area (Å²) in [7, 11) is 1.49. The van der Waals surface area contributed by atoms with E-state index in [-0.39, 0.29) is 22.6 Å². The molecule has 2 aromatic carbocycles. The summed E-state index contributed by atoms with van der Waals surface area (Å²) in [5.74, 6) is -1.47. The molecule has 0 saturated carbocycles. The van der Waals surface area contributed by atoms with Gasteiger partial charge in [-0.05, 0) is 67.1 Å².